The first kappa shape index (κ1) is 15.8. The number of hydrogen-bond acceptors (Lipinski definition) is 0. The molecule has 0 aliphatic carbocycles. The molecule has 0 aliphatic rings. The Morgan fingerprint density at radius 2 is 1.00 bits per heavy atom. The van der Waals surface area contributed by atoms with E-state index in [2.05, 4.69) is 0 Å². The van der Waals surface area contributed by atoms with Crippen molar-refractivity contribution in [3.05, 3.63) is 6.68 Å². The number of halogens is 4. The molecular formula is CBrF3Zn-. The molecule has 0 heterocycles. The topological polar surface area (TPSA) is 0 Å². The van der Waals surface area contributed by atoms with Gasteiger partial charge in [-0.3, -0.25) is 0 Å². The van der Waals surface area contributed by atoms with Gasteiger partial charge in [0, 0.05) is 19.5 Å². The number of hydrogen-bond donors (Lipinski definition) is 0. The van der Waals surface area contributed by atoms with Gasteiger partial charge in [-0.2, -0.15) is 13.2 Å². The fraction of sp³-hybridized carbons (Fsp3) is 0. The van der Waals surface area contributed by atoms with Crippen LogP contribution in [0.15, 0.2) is 0 Å². The van der Waals surface area contributed by atoms with Crippen LogP contribution in [0.5, 0.6) is 0 Å². The Bertz CT molecular complexity index is 15.5. The van der Waals surface area contributed by atoms with Gasteiger partial charge in [-0.25, -0.2) is 0 Å². The van der Waals surface area contributed by atoms with Crippen molar-refractivity contribution in [2.24, 2.45) is 0 Å². The second kappa shape index (κ2) is 9.31. The van der Waals surface area contributed by atoms with E-state index in [-0.39, 0.29) is 36.5 Å². The molecule has 0 aromatic rings. The molecule has 0 amide bonds. The van der Waals surface area contributed by atoms with Crippen LogP contribution in [0.4, 0.5) is 13.2 Å². The van der Waals surface area contributed by atoms with Gasteiger partial charge in [0.05, 0.1) is 0 Å². The normalized spacial score (nSPS) is 6.00. The van der Waals surface area contributed by atoms with Crippen LogP contribution in [0.2, 0.25) is 0 Å². The van der Waals surface area contributed by atoms with Crippen LogP contribution >= 0.6 is 0 Å². The first-order valence-electron chi connectivity index (χ1n) is 0.567. The molecule has 0 spiro atoms. The zero-order chi connectivity index (χ0) is 3.58. The SMILES string of the molecule is F[C](F)F.[Br-].[Zn]. The van der Waals surface area contributed by atoms with Crippen molar-refractivity contribution >= 4 is 0 Å². The van der Waals surface area contributed by atoms with Crippen molar-refractivity contribution in [1.29, 1.82) is 0 Å². The summed E-state index contributed by atoms with van der Waals surface area (Å²) in [4.78, 5) is 0. The fourth-order valence-electron chi connectivity index (χ4n) is 0. The molecular weight excluding hydrogens is 214 g/mol. The molecule has 0 saturated heterocycles. The van der Waals surface area contributed by atoms with Crippen LogP contribution < -0.4 is 17.0 Å². The summed E-state index contributed by atoms with van der Waals surface area (Å²) in [6, 6.07) is 0. The van der Waals surface area contributed by atoms with Gasteiger partial charge in [-0.15, -0.1) is 0 Å². The summed E-state index contributed by atoms with van der Waals surface area (Å²) in [5.41, 5.74) is 0. The standard InChI is InChI=1S/CF3.BrH.Zn/c2-1(3)4;;/h;1H;/p-1. The van der Waals surface area contributed by atoms with Crippen LogP contribution in [0.3, 0.4) is 0 Å². The zero-order valence-electron chi connectivity index (χ0n) is 2.72. The molecule has 0 atom stereocenters. The summed E-state index contributed by atoms with van der Waals surface area (Å²) in [6.45, 7) is -3.08. The van der Waals surface area contributed by atoms with Crippen LogP contribution in [0.25, 0.3) is 0 Å². The quantitative estimate of drug-likeness (QED) is 0.424. The maximum Gasteiger partial charge on any atom is 0.487 e. The molecule has 5 heteroatoms. The average Bonchev–Trinajstić information content (AvgIpc) is 0.811. The third-order valence-electron chi connectivity index (χ3n) is 0. The Balaban J connectivity index is -0.0000000450. The molecule has 0 unspecified atom stereocenters. The summed E-state index contributed by atoms with van der Waals surface area (Å²) >= 11 is 0. The van der Waals surface area contributed by atoms with Crippen molar-refractivity contribution in [2.45, 2.75) is 0 Å². The van der Waals surface area contributed by atoms with Gasteiger partial charge in [-0.1, -0.05) is 0 Å². The molecule has 1 radical (unpaired) electrons. The molecule has 0 bridgehead atoms. The van der Waals surface area contributed by atoms with Crippen molar-refractivity contribution in [1.82, 2.24) is 0 Å². The molecule has 0 aromatic carbocycles. The largest absolute Gasteiger partial charge is 1.00 e. The Labute approximate surface area is 56.6 Å². The molecule has 6 heavy (non-hydrogen) atoms. The third kappa shape index (κ3) is 92.9. The minimum absolute atomic E-state index is 0. The van der Waals surface area contributed by atoms with Gasteiger partial charge >= 0.3 is 6.68 Å². The molecule has 0 nitrogen and oxygen atoms in total. The summed E-state index contributed by atoms with van der Waals surface area (Å²) in [5.74, 6) is 0. The van der Waals surface area contributed by atoms with E-state index in [1.165, 1.54) is 0 Å². The predicted molar refractivity (Wildman–Crippen MR) is 6.57 cm³/mol. The molecule has 35 valence electrons. The third-order valence-corrected chi connectivity index (χ3v) is 0. The fourth-order valence-corrected chi connectivity index (χ4v) is 0. The molecule has 0 N–H and O–H groups in total. The minimum atomic E-state index is -3.08. The zero-order valence-corrected chi connectivity index (χ0v) is 7.27. The van der Waals surface area contributed by atoms with Gasteiger partial charge in [0.15, 0.2) is 0 Å². The second-order valence-corrected chi connectivity index (χ2v) is 0.214. The second-order valence-electron chi connectivity index (χ2n) is 0.214. The summed E-state index contributed by atoms with van der Waals surface area (Å²) < 4.78 is 28.8. The van der Waals surface area contributed by atoms with Crippen molar-refractivity contribution in [3.8, 4) is 0 Å². The van der Waals surface area contributed by atoms with Crippen LogP contribution in [0, 0.1) is 6.68 Å². The predicted octanol–water partition coefficient (Wildman–Crippen LogP) is -1.66. The van der Waals surface area contributed by atoms with E-state index in [0.29, 0.717) is 0 Å². The molecule has 0 aliphatic heterocycles. The van der Waals surface area contributed by atoms with Crippen molar-refractivity contribution in [2.75, 3.05) is 0 Å². The summed E-state index contributed by atoms with van der Waals surface area (Å²) in [6.07, 6.45) is 0. The maximum atomic E-state index is 9.58. The van der Waals surface area contributed by atoms with Crippen LogP contribution in [-0.4, -0.2) is 0 Å². The Morgan fingerprint density at radius 3 is 1.00 bits per heavy atom. The first-order valence-corrected chi connectivity index (χ1v) is 0.567. The van der Waals surface area contributed by atoms with Gasteiger partial charge in [0.25, 0.3) is 0 Å². The van der Waals surface area contributed by atoms with Crippen LogP contribution in [0.1, 0.15) is 0 Å². The molecule has 0 aromatic heterocycles. The molecule has 0 rings (SSSR count). The summed E-state index contributed by atoms with van der Waals surface area (Å²) in [7, 11) is 0. The Morgan fingerprint density at radius 1 is 1.00 bits per heavy atom. The van der Waals surface area contributed by atoms with Crippen molar-refractivity contribution in [3.63, 3.8) is 0 Å². The van der Waals surface area contributed by atoms with E-state index >= 15 is 0 Å². The molecule has 0 fully saturated rings. The number of rotatable bonds is 0. The van der Waals surface area contributed by atoms with E-state index in [9.17, 15) is 13.2 Å². The van der Waals surface area contributed by atoms with Gasteiger partial charge in [-0.05, 0) is 0 Å². The van der Waals surface area contributed by atoms with Gasteiger partial charge in [0.2, 0.25) is 0 Å². The minimum Gasteiger partial charge on any atom is -1.00 e. The van der Waals surface area contributed by atoms with E-state index in [1.807, 2.05) is 0 Å². The first-order chi connectivity index (χ1) is 1.73. The van der Waals surface area contributed by atoms with Crippen LogP contribution in [-0.2, 0) is 19.5 Å². The van der Waals surface area contributed by atoms with E-state index in [4.69, 9.17) is 0 Å². The van der Waals surface area contributed by atoms with Crippen molar-refractivity contribution < 1.29 is 49.6 Å². The van der Waals surface area contributed by atoms with Gasteiger partial charge in [0.1, 0.15) is 0 Å². The maximum absolute atomic E-state index is 9.58. The van der Waals surface area contributed by atoms with E-state index in [1.54, 1.807) is 0 Å². The summed E-state index contributed by atoms with van der Waals surface area (Å²) in [5, 5.41) is 0. The molecule has 0 saturated carbocycles. The van der Waals surface area contributed by atoms with E-state index < -0.39 is 6.68 Å². The Kier molecular flexibility index (Phi) is 24.5. The smallest absolute Gasteiger partial charge is 0.487 e. The monoisotopic (exact) mass is 212 g/mol. The average molecular weight is 214 g/mol. The van der Waals surface area contributed by atoms with Gasteiger partial charge < -0.3 is 17.0 Å². The Hall–Kier alpha value is 0.893. The van der Waals surface area contributed by atoms with E-state index in [0.717, 1.165) is 0 Å².